The van der Waals surface area contributed by atoms with Crippen molar-refractivity contribution in [3.05, 3.63) is 36.0 Å². The molecule has 0 aliphatic heterocycles. The fraction of sp³-hybridized carbons (Fsp3) is 0.214. The average molecular weight is 255 g/mol. The van der Waals surface area contributed by atoms with Crippen molar-refractivity contribution in [2.45, 2.75) is 13.0 Å². The van der Waals surface area contributed by atoms with Crippen molar-refractivity contribution < 1.29 is 9.59 Å². The lowest BCUT2D eigenvalue weighted by Crippen LogP contribution is -2.27. The van der Waals surface area contributed by atoms with Crippen LogP contribution in [-0.2, 0) is 11.3 Å². The lowest BCUT2D eigenvalue weighted by molar-refractivity contribution is -0.121. The molecule has 2 rings (SSSR count). The summed E-state index contributed by atoms with van der Waals surface area (Å²) >= 11 is 0. The van der Waals surface area contributed by atoms with Gasteiger partial charge >= 0.3 is 0 Å². The van der Waals surface area contributed by atoms with Gasteiger partial charge in [-0.25, -0.2) is 0 Å². The molecule has 1 N–H and O–H groups in total. The molecule has 0 unspecified atom stereocenters. The second-order valence-electron chi connectivity index (χ2n) is 4.10. The monoisotopic (exact) mass is 255 g/mol. The standard InChI is InChI=1S/C14H13N3O2/c15-6-2-7-16-14(19)9-17-8-5-12-11(10-18)3-1-4-13(12)17/h1,3-5,8,10H,2,7,9H2,(H,16,19). The molecule has 0 fully saturated rings. The summed E-state index contributed by atoms with van der Waals surface area (Å²) in [5.41, 5.74) is 1.46. The van der Waals surface area contributed by atoms with E-state index in [4.69, 9.17) is 5.26 Å². The van der Waals surface area contributed by atoms with Gasteiger partial charge in [-0.15, -0.1) is 0 Å². The van der Waals surface area contributed by atoms with Crippen molar-refractivity contribution >= 4 is 23.1 Å². The summed E-state index contributed by atoms with van der Waals surface area (Å²) in [6, 6.07) is 9.18. The Bertz CT molecular complexity index is 652. The van der Waals surface area contributed by atoms with Gasteiger partial charge in [0.1, 0.15) is 6.54 Å². The predicted octanol–water partition coefficient (Wildman–Crippen LogP) is 1.48. The molecule has 0 bridgehead atoms. The minimum atomic E-state index is -0.149. The highest BCUT2D eigenvalue weighted by Crippen LogP contribution is 2.18. The smallest absolute Gasteiger partial charge is 0.239 e. The molecule has 0 atom stereocenters. The van der Waals surface area contributed by atoms with Crippen LogP contribution in [0, 0.1) is 11.3 Å². The van der Waals surface area contributed by atoms with Crippen molar-refractivity contribution in [1.82, 2.24) is 9.88 Å². The van der Waals surface area contributed by atoms with Crippen molar-refractivity contribution in [3.8, 4) is 6.07 Å². The summed E-state index contributed by atoms with van der Waals surface area (Å²) in [4.78, 5) is 22.6. The molecule has 1 heterocycles. The molecule has 0 radical (unpaired) electrons. The van der Waals surface area contributed by atoms with Crippen LogP contribution in [0.4, 0.5) is 0 Å². The van der Waals surface area contributed by atoms with E-state index in [2.05, 4.69) is 5.32 Å². The summed E-state index contributed by atoms with van der Waals surface area (Å²) in [5.74, 6) is -0.149. The first-order valence-electron chi connectivity index (χ1n) is 5.93. The van der Waals surface area contributed by atoms with E-state index in [0.717, 1.165) is 17.2 Å². The van der Waals surface area contributed by atoms with E-state index in [1.54, 1.807) is 22.9 Å². The van der Waals surface area contributed by atoms with E-state index in [1.165, 1.54) is 0 Å². The van der Waals surface area contributed by atoms with Crippen LogP contribution >= 0.6 is 0 Å². The Morgan fingerprint density at radius 3 is 3.00 bits per heavy atom. The lowest BCUT2D eigenvalue weighted by atomic mass is 10.1. The third-order valence-corrected chi connectivity index (χ3v) is 2.85. The quantitative estimate of drug-likeness (QED) is 0.649. The van der Waals surface area contributed by atoms with Crippen LogP contribution in [0.5, 0.6) is 0 Å². The van der Waals surface area contributed by atoms with Gasteiger partial charge in [0.05, 0.1) is 12.5 Å². The number of amides is 1. The number of nitrogens with zero attached hydrogens (tertiary/aromatic N) is 2. The second kappa shape index (κ2) is 5.83. The summed E-state index contributed by atoms with van der Waals surface area (Å²) in [5, 5.41) is 11.9. The normalized spacial score (nSPS) is 10.1. The Balaban J connectivity index is 2.16. The zero-order valence-corrected chi connectivity index (χ0v) is 10.3. The Hall–Kier alpha value is -2.61. The Labute approximate surface area is 110 Å². The number of hydrogen-bond acceptors (Lipinski definition) is 3. The molecule has 19 heavy (non-hydrogen) atoms. The molecule has 0 spiro atoms. The Kier molecular flexibility index (Phi) is 3.94. The first-order valence-corrected chi connectivity index (χ1v) is 5.93. The molecule has 0 aliphatic rings. The van der Waals surface area contributed by atoms with Gasteiger partial charge in [0.2, 0.25) is 5.91 Å². The summed E-state index contributed by atoms with van der Waals surface area (Å²) in [6.45, 7) is 0.533. The van der Waals surface area contributed by atoms with Gasteiger partial charge in [-0.2, -0.15) is 5.26 Å². The second-order valence-corrected chi connectivity index (χ2v) is 4.10. The molecule has 1 amide bonds. The third kappa shape index (κ3) is 2.80. The third-order valence-electron chi connectivity index (χ3n) is 2.85. The van der Waals surface area contributed by atoms with E-state index in [0.29, 0.717) is 18.5 Å². The summed E-state index contributed by atoms with van der Waals surface area (Å²) < 4.78 is 1.78. The van der Waals surface area contributed by atoms with E-state index < -0.39 is 0 Å². The Morgan fingerprint density at radius 2 is 2.26 bits per heavy atom. The number of aldehydes is 1. The van der Waals surface area contributed by atoms with Crippen LogP contribution in [-0.4, -0.2) is 23.3 Å². The molecule has 0 aliphatic carbocycles. The van der Waals surface area contributed by atoms with Crippen LogP contribution in [0.15, 0.2) is 30.5 Å². The molecule has 1 aromatic heterocycles. The maximum Gasteiger partial charge on any atom is 0.239 e. The first kappa shape index (κ1) is 12.8. The minimum absolute atomic E-state index is 0.149. The summed E-state index contributed by atoms with van der Waals surface area (Å²) in [7, 11) is 0. The van der Waals surface area contributed by atoms with Gasteiger partial charge in [0, 0.05) is 29.2 Å². The molecule has 0 saturated heterocycles. The SMILES string of the molecule is N#CCCNC(=O)Cn1ccc2c(C=O)cccc21. The van der Waals surface area contributed by atoms with Gasteiger partial charge in [-0.05, 0) is 12.1 Å². The van der Waals surface area contributed by atoms with E-state index in [9.17, 15) is 9.59 Å². The number of hydrogen-bond donors (Lipinski definition) is 1. The van der Waals surface area contributed by atoms with Gasteiger partial charge < -0.3 is 9.88 Å². The van der Waals surface area contributed by atoms with Gasteiger partial charge in [-0.3, -0.25) is 9.59 Å². The van der Waals surface area contributed by atoms with E-state index >= 15 is 0 Å². The van der Waals surface area contributed by atoms with Crippen LogP contribution < -0.4 is 5.32 Å². The fourth-order valence-corrected chi connectivity index (χ4v) is 1.96. The Morgan fingerprint density at radius 1 is 1.42 bits per heavy atom. The number of nitrogens with one attached hydrogen (secondary N) is 1. The highest BCUT2D eigenvalue weighted by atomic mass is 16.1. The number of nitriles is 1. The zero-order valence-electron chi connectivity index (χ0n) is 10.3. The number of rotatable bonds is 5. The summed E-state index contributed by atoms with van der Waals surface area (Å²) in [6.07, 6.45) is 2.88. The molecule has 2 aromatic rings. The number of fused-ring (bicyclic) bond motifs is 1. The van der Waals surface area contributed by atoms with Crippen LogP contribution in [0.25, 0.3) is 10.9 Å². The number of carbonyl (C=O) groups is 2. The molecule has 0 saturated carbocycles. The molecule has 96 valence electrons. The lowest BCUT2D eigenvalue weighted by Gasteiger charge is -2.06. The maximum atomic E-state index is 11.7. The maximum absolute atomic E-state index is 11.7. The number of benzene rings is 1. The van der Waals surface area contributed by atoms with Gasteiger partial charge in [0.15, 0.2) is 6.29 Å². The van der Waals surface area contributed by atoms with Crippen LogP contribution in [0.2, 0.25) is 0 Å². The first-order chi connectivity index (χ1) is 9.26. The van der Waals surface area contributed by atoms with Gasteiger partial charge in [-0.1, -0.05) is 12.1 Å². The highest BCUT2D eigenvalue weighted by Gasteiger charge is 2.07. The fourth-order valence-electron chi connectivity index (χ4n) is 1.96. The average Bonchev–Trinajstić information content (AvgIpc) is 2.82. The predicted molar refractivity (Wildman–Crippen MR) is 70.6 cm³/mol. The van der Waals surface area contributed by atoms with E-state index in [1.807, 2.05) is 18.2 Å². The molecule has 1 aromatic carbocycles. The highest BCUT2D eigenvalue weighted by molar-refractivity contribution is 5.97. The van der Waals surface area contributed by atoms with E-state index in [-0.39, 0.29) is 12.5 Å². The largest absolute Gasteiger partial charge is 0.354 e. The molecule has 5 nitrogen and oxygen atoms in total. The topological polar surface area (TPSA) is 74.9 Å². The zero-order chi connectivity index (χ0) is 13.7. The van der Waals surface area contributed by atoms with Crippen molar-refractivity contribution in [1.29, 1.82) is 5.26 Å². The van der Waals surface area contributed by atoms with Crippen molar-refractivity contribution in [2.75, 3.05) is 6.54 Å². The molecular formula is C14H13N3O2. The van der Waals surface area contributed by atoms with Gasteiger partial charge in [0.25, 0.3) is 0 Å². The van der Waals surface area contributed by atoms with Crippen molar-refractivity contribution in [2.24, 2.45) is 0 Å². The number of aromatic nitrogens is 1. The number of carbonyl (C=O) groups excluding carboxylic acids is 2. The molecule has 5 heteroatoms. The van der Waals surface area contributed by atoms with Crippen molar-refractivity contribution in [3.63, 3.8) is 0 Å². The molecular weight excluding hydrogens is 242 g/mol. The minimum Gasteiger partial charge on any atom is -0.354 e. The van der Waals surface area contributed by atoms with Crippen LogP contribution in [0.3, 0.4) is 0 Å². The van der Waals surface area contributed by atoms with Crippen LogP contribution in [0.1, 0.15) is 16.8 Å².